The van der Waals surface area contributed by atoms with Gasteiger partial charge in [-0.15, -0.1) is 0 Å². The second kappa shape index (κ2) is 6.53. The van der Waals surface area contributed by atoms with E-state index in [0.717, 1.165) is 6.42 Å². The molecule has 0 saturated carbocycles. The van der Waals surface area contributed by atoms with Crippen LogP contribution in [0.25, 0.3) is 5.57 Å². The standard InChI is InChI=1S/C14H17NO2/c1-3-4-10-12(15-2)13(14(16)17)11-8-6-5-7-9-11/h4-10,15H,3H2,1-2H3,(H,16,17). The number of hydrogen-bond donors (Lipinski definition) is 2. The Bertz CT molecular complexity index is 433. The molecule has 0 bridgehead atoms. The highest BCUT2D eigenvalue weighted by Gasteiger charge is 2.13. The second-order valence-electron chi connectivity index (χ2n) is 3.52. The Labute approximate surface area is 101 Å². The van der Waals surface area contributed by atoms with E-state index in [-0.39, 0.29) is 5.57 Å². The van der Waals surface area contributed by atoms with Gasteiger partial charge < -0.3 is 10.4 Å². The van der Waals surface area contributed by atoms with Crippen LogP contribution in [0, 0.1) is 0 Å². The van der Waals surface area contributed by atoms with Crippen molar-refractivity contribution >= 4 is 11.5 Å². The first-order chi connectivity index (χ1) is 8.20. The lowest BCUT2D eigenvalue weighted by molar-refractivity contribution is -0.130. The maximum Gasteiger partial charge on any atom is 0.338 e. The van der Waals surface area contributed by atoms with Crippen molar-refractivity contribution in [3.05, 3.63) is 53.7 Å². The molecular weight excluding hydrogens is 214 g/mol. The van der Waals surface area contributed by atoms with E-state index in [1.807, 2.05) is 31.2 Å². The van der Waals surface area contributed by atoms with Crippen LogP contribution in [0.15, 0.2) is 48.2 Å². The van der Waals surface area contributed by atoms with E-state index < -0.39 is 5.97 Å². The predicted octanol–water partition coefficient (Wildman–Crippen LogP) is 2.67. The molecule has 3 nitrogen and oxygen atoms in total. The zero-order chi connectivity index (χ0) is 12.7. The fourth-order valence-corrected chi connectivity index (χ4v) is 1.53. The number of likely N-dealkylation sites (N-methyl/N-ethyl adjacent to an activating group) is 1. The van der Waals surface area contributed by atoms with Gasteiger partial charge in [-0.3, -0.25) is 0 Å². The number of nitrogens with one attached hydrogen (secondary N) is 1. The zero-order valence-electron chi connectivity index (χ0n) is 10.1. The molecule has 0 aliphatic rings. The third-order valence-electron chi connectivity index (χ3n) is 2.34. The van der Waals surface area contributed by atoms with Gasteiger partial charge in [-0.25, -0.2) is 4.79 Å². The molecule has 2 N–H and O–H groups in total. The molecule has 1 rings (SSSR count). The number of hydrogen-bond acceptors (Lipinski definition) is 2. The van der Waals surface area contributed by atoms with Crippen molar-refractivity contribution in [1.82, 2.24) is 5.32 Å². The molecule has 0 heterocycles. The van der Waals surface area contributed by atoms with Crippen LogP contribution in [0.5, 0.6) is 0 Å². The molecule has 0 aliphatic carbocycles. The maximum absolute atomic E-state index is 11.3. The molecule has 17 heavy (non-hydrogen) atoms. The smallest absolute Gasteiger partial charge is 0.338 e. The lowest BCUT2D eigenvalue weighted by Crippen LogP contribution is -2.12. The van der Waals surface area contributed by atoms with Crippen LogP contribution >= 0.6 is 0 Å². The number of carboxylic acid groups (broad SMARTS) is 1. The van der Waals surface area contributed by atoms with E-state index in [1.165, 1.54) is 0 Å². The minimum Gasteiger partial charge on any atom is -0.478 e. The van der Waals surface area contributed by atoms with Gasteiger partial charge in [0.2, 0.25) is 0 Å². The van der Waals surface area contributed by atoms with E-state index in [0.29, 0.717) is 11.3 Å². The van der Waals surface area contributed by atoms with Crippen molar-refractivity contribution in [2.24, 2.45) is 0 Å². The fraction of sp³-hybridized carbons (Fsp3) is 0.214. The minimum absolute atomic E-state index is 0.290. The summed E-state index contributed by atoms with van der Waals surface area (Å²) in [5, 5.41) is 12.2. The van der Waals surface area contributed by atoms with Gasteiger partial charge in [0.25, 0.3) is 0 Å². The van der Waals surface area contributed by atoms with Crippen LogP contribution in [0.4, 0.5) is 0 Å². The number of benzene rings is 1. The van der Waals surface area contributed by atoms with Gasteiger partial charge in [-0.1, -0.05) is 43.3 Å². The molecule has 0 amide bonds. The van der Waals surface area contributed by atoms with Gasteiger partial charge in [0.1, 0.15) is 0 Å². The minimum atomic E-state index is -0.929. The van der Waals surface area contributed by atoms with Gasteiger partial charge in [0, 0.05) is 12.7 Å². The largest absolute Gasteiger partial charge is 0.478 e. The Hall–Kier alpha value is -2.03. The molecule has 0 radical (unpaired) electrons. The van der Waals surface area contributed by atoms with Crippen molar-refractivity contribution in [3.8, 4) is 0 Å². The van der Waals surface area contributed by atoms with Gasteiger partial charge >= 0.3 is 5.97 Å². The molecule has 1 aromatic rings. The van der Waals surface area contributed by atoms with Crippen LogP contribution in [0.3, 0.4) is 0 Å². The first-order valence-electron chi connectivity index (χ1n) is 5.58. The van der Waals surface area contributed by atoms with Crippen molar-refractivity contribution in [3.63, 3.8) is 0 Å². The van der Waals surface area contributed by atoms with Crippen LogP contribution in [-0.4, -0.2) is 18.1 Å². The highest BCUT2D eigenvalue weighted by molar-refractivity contribution is 6.16. The van der Waals surface area contributed by atoms with Crippen molar-refractivity contribution in [1.29, 1.82) is 0 Å². The predicted molar refractivity (Wildman–Crippen MR) is 69.5 cm³/mol. The third-order valence-corrected chi connectivity index (χ3v) is 2.34. The maximum atomic E-state index is 11.3. The topological polar surface area (TPSA) is 49.3 Å². The Balaban J connectivity index is 3.28. The van der Waals surface area contributed by atoms with Crippen LogP contribution < -0.4 is 5.32 Å². The average molecular weight is 231 g/mol. The van der Waals surface area contributed by atoms with Gasteiger partial charge in [-0.05, 0) is 18.1 Å². The highest BCUT2D eigenvalue weighted by atomic mass is 16.4. The molecule has 90 valence electrons. The molecule has 0 aromatic heterocycles. The summed E-state index contributed by atoms with van der Waals surface area (Å²) in [7, 11) is 1.72. The third kappa shape index (κ3) is 3.48. The number of carboxylic acids is 1. The summed E-state index contributed by atoms with van der Waals surface area (Å²) < 4.78 is 0. The van der Waals surface area contributed by atoms with Crippen molar-refractivity contribution < 1.29 is 9.90 Å². The van der Waals surface area contributed by atoms with Crippen molar-refractivity contribution in [2.45, 2.75) is 13.3 Å². The Morgan fingerprint density at radius 3 is 2.47 bits per heavy atom. The molecule has 0 fully saturated rings. The van der Waals surface area contributed by atoms with Gasteiger partial charge in [0.15, 0.2) is 0 Å². The summed E-state index contributed by atoms with van der Waals surface area (Å²) in [6.07, 6.45) is 4.60. The molecule has 1 aromatic carbocycles. The summed E-state index contributed by atoms with van der Waals surface area (Å²) >= 11 is 0. The summed E-state index contributed by atoms with van der Waals surface area (Å²) in [4.78, 5) is 11.3. The Kier molecular flexibility index (Phi) is 5.01. The average Bonchev–Trinajstić information content (AvgIpc) is 2.35. The number of aliphatic carboxylic acids is 1. The molecule has 0 saturated heterocycles. The Morgan fingerprint density at radius 2 is 2.00 bits per heavy atom. The van der Waals surface area contributed by atoms with Gasteiger partial charge in [-0.2, -0.15) is 0 Å². The van der Waals surface area contributed by atoms with Crippen LogP contribution in [0.1, 0.15) is 18.9 Å². The molecule has 0 aliphatic heterocycles. The van der Waals surface area contributed by atoms with Crippen molar-refractivity contribution in [2.75, 3.05) is 7.05 Å². The fourth-order valence-electron chi connectivity index (χ4n) is 1.53. The van der Waals surface area contributed by atoms with E-state index in [4.69, 9.17) is 0 Å². The zero-order valence-corrected chi connectivity index (χ0v) is 10.1. The Morgan fingerprint density at radius 1 is 1.35 bits per heavy atom. The molecule has 0 unspecified atom stereocenters. The second-order valence-corrected chi connectivity index (χ2v) is 3.52. The highest BCUT2D eigenvalue weighted by Crippen LogP contribution is 2.18. The van der Waals surface area contributed by atoms with E-state index in [2.05, 4.69) is 5.32 Å². The van der Waals surface area contributed by atoms with Crippen LogP contribution in [-0.2, 0) is 4.79 Å². The van der Waals surface area contributed by atoms with Gasteiger partial charge in [0.05, 0.1) is 5.57 Å². The summed E-state index contributed by atoms with van der Waals surface area (Å²) in [5.74, 6) is -0.929. The number of rotatable bonds is 5. The molecule has 0 spiro atoms. The van der Waals surface area contributed by atoms with E-state index in [1.54, 1.807) is 25.3 Å². The monoisotopic (exact) mass is 231 g/mol. The summed E-state index contributed by atoms with van der Waals surface area (Å²) in [6.45, 7) is 2.01. The number of allylic oxidation sites excluding steroid dienone is 2. The SMILES string of the molecule is CCC=CC(NC)=C(C(=O)O)c1ccccc1. The quantitative estimate of drug-likeness (QED) is 0.605. The molecular formula is C14H17NO2. The summed E-state index contributed by atoms with van der Waals surface area (Å²) in [6, 6.07) is 9.11. The number of carbonyl (C=O) groups is 1. The first kappa shape index (κ1) is 13.0. The molecule has 3 heteroatoms. The molecule has 0 atom stereocenters. The van der Waals surface area contributed by atoms with E-state index >= 15 is 0 Å². The summed E-state index contributed by atoms with van der Waals surface area (Å²) in [5.41, 5.74) is 1.61. The lowest BCUT2D eigenvalue weighted by Gasteiger charge is -2.08. The normalized spacial score (nSPS) is 12.4. The van der Waals surface area contributed by atoms with E-state index in [9.17, 15) is 9.90 Å². The first-order valence-corrected chi connectivity index (χ1v) is 5.58. The van der Waals surface area contributed by atoms with Crippen LogP contribution in [0.2, 0.25) is 0 Å². The lowest BCUT2D eigenvalue weighted by atomic mass is 10.0.